The Bertz CT molecular complexity index is 530. The van der Waals surface area contributed by atoms with Gasteiger partial charge in [0.1, 0.15) is 5.40 Å². The Hall–Kier alpha value is -0.990. The Kier molecular flexibility index (Phi) is 5.70. The number of nitrogens with zero attached hydrogens (tertiary/aromatic N) is 1. The Morgan fingerprint density at radius 2 is 2.11 bits per heavy atom. The van der Waals surface area contributed by atoms with E-state index in [0.717, 1.165) is 24.2 Å². The largest absolute Gasteiger partial charge is 0.223 e. The summed E-state index contributed by atoms with van der Waals surface area (Å²) in [6, 6.07) is 7.09. The molecule has 1 aromatic rings. The third-order valence-electron chi connectivity index (χ3n) is 2.62. The maximum atomic E-state index is 12.0. The minimum Gasteiger partial charge on any atom is -0.223 e. The van der Waals surface area contributed by atoms with Gasteiger partial charge in [-0.1, -0.05) is 12.1 Å². The van der Waals surface area contributed by atoms with Gasteiger partial charge >= 0.3 is 0 Å². The van der Waals surface area contributed by atoms with Gasteiger partial charge in [-0.3, -0.25) is 0 Å². The highest BCUT2D eigenvalue weighted by Gasteiger charge is 2.18. The highest BCUT2D eigenvalue weighted by Crippen LogP contribution is 2.18. The minimum absolute atomic E-state index is 0.392. The van der Waals surface area contributed by atoms with Crippen LogP contribution in [0.5, 0.6) is 0 Å². The van der Waals surface area contributed by atoms with Gasteiger partial charge in [0.25, 0.3) is 0 Å². The molecule has 0 aliphatic rings. The zero-order chi connectivity index (χ0) is 13.6. The van der Waals surface area contributed by atoms with E-state index in [1.54, 1.807) is 32.0 Å². The van der Waals surface area contributed by atoms with E-state index in [9.17, 15) is 8.42 Å². The van der Waals surface area contributed by atoms with E-state index in [2.05, 4.69) is 0 Å². The average molecular weight is 283 g/mol. The van der Waals surface area contributed by atoms with Gasteiger partial charge in [-0.15, -0.1) is 0 Å². The molecule has 5 heteroatoms. The van der Waals surface area contributed by atoms with E-state index >= 15 is 0 Å². The molecule has 0 saturated heterocycles. The molecule has 0 N–H and O–H groups in total. The summed E-state index contributed by atoms with van der Waals surface area (Å²) in [5.41, 5.74) is 1.01. The van der Waals surface area contributed by atoms with Crippen LogP contribution in [0, 0.1) is 10.7 Å². The first-order valence-electron chi connectivity index (χ1n) is 5.82. The van der Waals surface area contributed by atoms with Crippen LogP contribution < -0.4 is 0 Å². The van der Waals surface area contributed by atoms with Crippen LogP contribution in [0.25, 0.3) is 0 Å². The van der Waals surface area contributed by atoms with Crippen LogP contribution in [0.3, 0.4) is 0 Å². The molecule has 98 valence electrons. The fourth-order valence-electron chi connectivity index (χ4n) is 1.54. The molecule has 0 aliphatic carbocycles. The summed E-state index contributed by atoms with van der Waals surface area (Å²) >= 11 is 1.23. The number of hydrogen-bond acceptors (Lipinski definition) is 4. The van der Waals surface area contributed by atoms with Crippen molar-refractivity contribution in [1.29, 1.82) is 5.26 Å². The first-order valence-corrected chi connectivity index (χ1v) is 8.35. The number of hydrogen-bond donors (Lipinski definition) is 0. The Balaban J connectivity index is 2.78. The second-order valence-corrected chi connectivity index (χ2v) is 7.67. The molecule has 0 fully saturated rings. The Morgan fingerprint density at radius 3 is 2.72 bits per heavy atom. The predicted molar refractivity (Wildman–Crippen MR) is 75.2 cm³/mol. The SMILES string of the molecule is CC(C)S(=O)(=O)c1cccc(CCCSC#N)c1. The van der Waals surface area contributed by atoms with Crippen LogP contribution in [-0.4, -0.2) is 19.4 Å². The highest BCUT2D eigenvalue weighted by atomic mass is 32.2. The summed E-state index contributed by atoms with van der Waals surface area (Å²) in [4.78, 5) is 0.392. The second kappa shape index (κ2) is 6.81. The lowest BCUT2D eigenvalue weighted by atomic mass is 10.1. The van der Waals surface area contributed by atoms with Crippen LogP contribution in [-0.2, 0) is 16.3 Å². The smallest absolute Gasteiger partial charge is 0.180 e. The third kappa shape index (κ3) is 4.04. The molecule has 18 heavy (non-hydrogen) atoms. The van der Waals surface area contributed by atoms with Crippen LogP contribution in [0.15, 0.2) is 29.2 Å². The molecule has 0 aromatic heterocycles. The van der Waals surface area contributed by atoms with Gasteiger partial charge in [0.05, 0.1) is 10.1 Å². The summed E-state index contributed by atoms with van der Waals surface area (Å²) in [6.07, 6.45) is 1.68. The fraction of sp³-hybridized carbons (Fsp3) is 0.462. The number of rotatable bonds is 6. The van der Waals surface area contributed by atoms with Crippen molar-refractivity contribution in [3.05, 3.63) is 29.8 Å². The maximum Gasteiger partial charge on any atom is 0.180 e. The number of benzene rings is 1. The van der Waals surface area contributed by atoms with E-state index in [-0.39, 0.29) is 0 Å². The van der Waals surface area contributed by atoms with Crippen molar-refractivity contribution in [3.8, 4) is 5.40 Å². The lowest BCUT2D eigenvalue weighted by molar-refractivity contribution is 0.587. The van der Waals surface area contributed by atoms with Crippen molar-refractivity contribution in [3.63, 3.8) is 0 Å². The lowest BCUT2D eigenvalue weighted by Gasteiger charge is -2.09. The zero-order valence-corrected chi connectivity index (χ0v) is 12.2. The Morgan fingerprint density at radius 1 is 1.39 bits per heavy atom. The molecule has 0 aliphatic heterocycles. The third-order valence-corrected chi connectivity index (χ3v) is 5.40. The monoisotopic (exact) mass is 283 g/mol. The standard InChI is InChI=1S/C13H17NO2S2/c1-11(2)18(15,16)13-7-3-5-12(9-13)6-4-8-17-10-14/h3,5,7,9,11H,4,6,8H2,1-2H3. The number of thiocyanates is 1. The highest BCUT2D eigenvalue weighted by molar-refractivity contribution is 8.03. The van der Waals surface area contributed by atoms with Crippen LogP contribution in [0.1, 0.15) is 25.8 Å². The predicted octanol–water partition coefficient (Wildman–Crippen LogP) is 3.02. The molecule has 0 saturated carbocycles. The van der Waals surface area contributed by atoms with Gasteiger partial charge in [0.15, 0.2) is 9.84 Å². The zero-order valence-electron chi connectivity index (χ0n) is 10.6. The van der Waals surface area contributed by atoms with Gasteiger partial charge in [-0.25, -0.2) is 8.42 Å². The van der Waals surface area contributed by atoms with Crippen LogP contribution in [0.4, 0.5) is 0 Å². The van der Waals surface area contributed by atoms with Crippen molar-refractivity contribution in [2.75, 3.05) is 5.75 Å². The second-order valence-electron chi connectivity index (χ2n) is 4.28. The summed E-state index contributed by atoms with van der Waals surface area (Å²) in [5.74, 6) is 0.775. The van der Waals surface area contributed by atoms with Crippen molar-refractivity contribution >= 4 is 21.6 Å². The molecule has 0 unspecified atom stereocenters. The number of sulfone groups is 1. The number of nitriles is 1. The maximum absolute atomic E-state index is 12.0. The van der Waals surface area contributed by atoms with Gasteiger partial charge < -0.3 is 0 Å². The minimum atomic E-state index is -3.19. The molecule has 0 amide bonds. The van der Waals surface area contributed by atoms with Crippen molar-refractivity contribution < 1.29 is 8.42 Å². The van der Waals surface area contributed by atoms with Gasteiger partial charge in [0, 0.05) is 5.75 Å². The number of thioether (sulfide) groups is 1. The van der Waals surface area contributed by atoms with E-state index in [1.807, 2.05) is 11.5 Å². The van der Waals surface area contributed by atoms with E-state index < -0.39 is 15.1 Å². The normalized spacial score (nSPS) is 11.4. The van der Waals surface area contributed by atoms with E-state index in [1.165, 1.54) is 11.8 Å². The first kappa shape index (κ1) is 15.1. The van der Waals surface area contributed by atoms with Gasteiger partial charge in [-0.05, 0) is 56.1 Å². The van der Waals surface area contributed by atoms with Gasteiger partial charge in [0.2, 0.25) is 0 Å². The van der Waals surface area contributed by atoms with Crippen molar-refractivity contribution in [2.45, 2.75) is 36.8 Å². The molecule has 0 spiro atoms. The van der Waals surface area contributed by atoms with Crippen molar-refractivity contribution in [2.24, 2.45) is 0 Å². The number of aryl methyl sites for hydroxylation is 1. The molecule has 0 bridgehead atoms. The lowest BCUT2D eigenvalue weighted by Crippen LogP contribution is -2.14. The molecule has 0 radical (unpaired) electrons. The molecule has 0 atom stereocenters. The summed E-state index contributed by atoms with van der Waals surface area (Å²) in [7, 11) is -3.19. The van der Waals surface area contributed by atoms with Crippen molar-refractivity contribution in [1.82, 2.24) is 0 Å². The molecule has 3 nitrogen and oxygen atoms in total. The van der Waals surface area contributed by atoms with Gasteiger partial charge in [-0.2, -0.15) is 5.26 Å². The average Bonchev–Trinajstić information content (AvgIpc) is 2.35. The summed E-state index contributed by atoms with van der Waals surface area (Å²) in [6.45, 7) is 3.37. The summed E-state index contributed by atoms with van der Waals surface area (Å²) < 4.78 is 24.0. The quantitative estimate of drug-likeness (QED) is 0.595. The van der Waals surface area contributed by atoms with Crippen LogP contribution >= 0.6 is 11.8 Å². The Labute approximate surface area is 113 Å². The summed E-state index contributed by atoms with van der Waals surface area (Å²) in [5, 5.41) is 10.0. The van der Waals surface area contributed by atoms with E-state index in [0.29, 0.717) is 4.90 Å². The first-order chi connectivity index (χ1) is 8.48. The molecule has 0 heterocycles. The van der Waals surface area contributed by atoms with Crippen LogP contribution in [0.2, 0.25) is 0 Å². The molecule has 1 aromatic carbocycles. The molecule has 1 rings (SSSR count). The topological polar surface area (TPSA) is 57.9 Å². The van der Waals surface area contributed by atoms with E-state index in [4.69, 9.17) is 5.26 Å². The molecular weight excluding hydrogens is 266 g/mol. The fourth-order valence-corrected chi connectivity index (χ4v) is 3.05. The molecular formula is C13H17NO2S2.